The molecule has 1 heterocycles. The van der Waals surface area contributed by atoms with Gasteiger partial charge in [-0.3, -0.25) is 4.79 Å². The summed E-state index contributed by atoms with van der Waals surface area (Å²) in [6.45, 7) is 2.03. The van der Waals surface area contributed by atoms with Gasteiger partial charge in [0.25, 0.3) is 0 Å². The molecule has 1 aromatic rings. The first-order valence-corrected chi connectivity index (χ1v) is 9.02. The number of esters is 1. The molecule has 132 valence electrons. The minimum atomic E-state index is -1.18. The molecule has 0 saturated heterocycles. The smallest absolute Gasteiger partial charge is 0.340 e. The Bertz CT molecular complexity index is 624. The van der Waals surface area contributed by atoms with Gasteiger partial charge in [0.2, 0.25) is 5.91 Å². The third-order valence-corrected chi connectivity index (χ3v) is 5.44. The van der Waals surface area contributed by atoms with E-state index in [2.05, 4.69) is 5.32 Å². The van der Waals surface area contributed by atoms with Crippen LogP contribution in [0.1, 0.15) is 54.3 Å². The second-order valence-electron chi connectivity index (χ2n) is 6.00. The zero-order chi connectivity index (χ0) is 17.7. The predicted molar refractivity (Wildman–Crippen MR) is 88.7 cm³/mol. The number of nitrogens with one attached hydrogen (secondary N) is 1. The van der Waals surface area contributed by atoms with Gasteiger partial charge in [-0.25, -0.2) is 4.79 Å². The number of ether oxygens (including phenoxy) is 1. The van der Waals surface area contributed by atoms with Gasteiger partial charge < -0.3 is 20.0 Å². The molecule has 0 radical (unpaired) electrons. The van der Waals surface area contributed by atoms with E-state index in [0.717, 1.165) is 30.6 Å². The Labute approximate surface area is 145 Å². The number of aliphatic carboxylic acids is 1. The van der Waals surface area contributed by atoms with Crippen LogP contribution in [0.15, 0.2) is 6.07 Å². The zero-order valence-electron chi connectivity index (χ0n) is 13.9. The first kappa shape index (κ1) is 18.4. The number of anilines is 1. The van der Waals surface area contributed by atoms with E-state index in [-0.39, 0.29) is 5.91 Å². The molecular weight excluding hydrogens is 330 g/mol. The minimum Gasteiger partial charge on any atom is -0.550 e. The van der Waals surface area contributed by atoms with Crippen LogP contribution in [-0.4, -0.2) is 25.0 Å². The number of rotatable bonds is 6. The van der Waals surface area contributed by atoms with E-state index < -0.39 is 23.8 Å². The van der Waals surface area contributed by atoms with Crippen molar-refractivity contribution in [2.45, 2.75) is 45.4 Å². The summed E-state index contributed by atoms with van der Waals surface area (Å²) in [7, 11) is 1.29. The highest BCUT2D eigenvalue weighted by molar-refractivity contribution is 7.16. The van der Waals surface area contributed by atoms with E-state index >= 15 is 0 Å². The average molecular weight is 352 g/mol. The van der Waals surface area contributed by atoms with Crippen LogP contribution in [0.2, 0.25) is 0 Å². The SMILES string of the molecule is CCCc1cc(C(=O)OC)c(NC(=O)[C@@H]2CCCC[C@@H]2C(=O)[O-])s1. The fraction of sp³-hybridized carbons (Fsp3) is 0.588. The van der Waals surface area contributed by atoms with E-state index in [1.807, 2.05) is 6.92 Å². The Hall–Kier alpha value is -1.89. The van der Waals surface area contributed by atoms with E-state index in [1.165, 1.54) is 18.4 Å². The van der Waals surface area contributed by atoms with Crippen molar-refractivity contribution in [3.63, 3.8) is 0 Å². The zero-order valence-corrected chi connectivity index (χ0v) is 14.7. The van der Waals surface area contributed by atoms with Gasteiger partial charge in [-0.1, -0.05) is 26.2 Å². The van der Waals surface area contributed by atoms with Gasteiger partial charge in [0.15, 0.2) is 0 Å². The number of hydrogen-bond donors (Lipinski definition) is 1. The van der Waals surface area contributed by atoms with Crippen LogP contribution in [-0.2, 0) is 20.7 Å². The van der Waals surface area contributed by atoms with Crippen molar-refractivity contribution in [3.8, 4) is 0 Å². The molecule has 0 aliphatic heterocycles. The maximum Gasteiger partial charge on any atom is 0.340 e. The average Bonchev–Trinajstić information content (AvgIpc) is 2.96. The molecule has 1 fully saturated rings. The van der Waals surface area contributed by atoms with Gasteiger partial charge in [0.1, 0.15) is 5.00 Å². The lowest BCUT2D eigenvalue weighted by Crippen LogP contribution is -2.42. The molecule has 1 amide bonds. The summed E-state index contributed by atoms with van der Waals surface area (Å²) in [5, 5.41) is 14.4. The molecule has 1 aliphatic rings. The van der Waals surface area contributed by atoms with Crippen molar-refractivity contribution >= 4 is 34.2 Å². The highest BCUT2D eigenvalue weighted by atomic mass is 32.1. The fourth-order valence-corrected chi connectivity index (χ4v) is 4.25. The molecule has 2 rings (SSSR count). The first-order chi connectivity index (χ1) is 11.5. The lowest BCUT2D eigenvalue weighted by atomic mass is 9.79. The summed E-state index contributed by atoms with van der Waals surface area (Å²) < 4.78 is 4.77. The maximum atomic E-state index is 12.6. The Morgan fingerprint density at radius 1 is 1.29 bits per heavy atom. The van der Waals surface area contributed by atoms with E-state index in [0.29, 0.717) is 23.4 Å². The number of carbonyl (C=O) groups excluding carboxylic acids is 3. The number of hydrogen-bond acceptors (Lipinski definition) is 6. The molecule has 0 aromatic carbocycles. The van der Waals surface area contributed by atoms with Crippen LogP contribution < -0.4 is 10.4 Å². The lowest BCUT2D eigenvalue weighted by Gasteiger charge is -2.31. The number of carboxylic acids is 1. The summed E-state index contributed by atoms with van der Waals surface area (Å²) in [4.78, 5) is 36.7. The Morgan fingerprint density at radius 2 is 1.96 bits per heavy atom. The maximum absolute atomic E-state index is 12.6. The van der Waals surface area contributed by atoms with Gasteiger partial charge in [0.05, 0.1) is 12.7 Å². The number of carbonyl (C=O) groups is 3. The van der Waals surface area contributed by atoms with Gasteiger partial charge >= 0.3 is 5.97 Å². The van der Waals surface area contributed by atoms with Crippen LogP contribution in [0.5, 0.6) is 0 Å². The van der Waals surface area contributed by atoms with Crippen LogP contribution >= 0.6 is 11.3 Å². The van der Waals surface area contributed by atoms with Crippen LogP contribution in [0.3, 0.4) is 0 Å². The molecule has 7 heteroatoms. The van der Waals surface area contributed by atoms with Crippen molar-refractivity contribution in [1.29, 1.82) is 0 Å². The van der Waals surface area contributed by atoms with Crippen LogP contribution in [0.4, 0.5) is 5.00 Å². The molecule has 0 bridgehead atoms. The number of thiophene rings is 1. The monoisotopic (exact) mass is 352 g/mol. The Kier molecular flexibility index (Phi) is 6.36. The molecule has 6 nitrogen and oxygen atoms in total. The van der Waals surface area contributed by atoms with Crippen LogP contribution in [0, 0.1) is 11.8 Å². The second-order valence-corrected chi connectivity index (χ2v) is 7.14. The summed E-state index contributed by atoms with van der Waals surface area (Å²) in [6, 6.07) is 1.73. The first-order valence-electron chi connectivity index (χ1n) is 8.20. The van der Waals surface area contributed by atoms with Crippen molar-refractivity contribution < 1.29 is 24.2 Å². The summed E-state index contributed by atoms with van der Waals surface area (Å²) in [5.41, 5.74) is 0.320. The molecule has 2 atom stereocenters. The molecule has 1 aliphatic carbocycles. The molecule has 24 heavy (non-hydrogen) atoms. The third kappa shape index (κ3) is 4.14. The molecule has 0 unspecified atom stereocenters. The van der Waals surface area contributed by atoms with Crippen LogP contribution in [0.25, 0.3) is 0 Å². The topological polar surface area (TPSA) is 95.5 Å². The molecule has 1 saturated carbocycles. The van der Waals surface area contributed by atoms with E-state index in [9.17, 15) is 19.5 Å². The number of amides is 1. The number of carboxylic acid groups (broad SMARTS) is 1. The lowest BCUT2D eigenvalue weighted by molar-refractivity contribution is -0.313. The second kappa shape index (κ2) is 8.28. The molecule has 1 N–H and O–H groups in total. The normalized spacial score (nSPS) is 20.4. The quantitative estimate of drug-likeness (QED) is 0.790. The van der Waals surface area contributed by atoms with Gasteiger partial charge in [-0.15, -0.1) is 11.3 Å². The standard InChI is InChI=1S/C17H23NO5S/c1-3-6-10-9-13(17(22)23-2)15(24-10)18-14(19)11-7-4-5-8-12(11)16(20)21/h9,11-12H,3-8H2,1-2H3,(H,18,19)(H,20,21)/p-1/t11-,12+/m1/s1. The fourth-order valence-electron chi connectivity index (χ4n) is 3.10. The third-order valence-electron chi connectivity index (χ3n) is 4.33. The Balaban J connectivity index is 2.20. The number of aryl methyl sites for hydroxylation is 1. The van der Waals surface area contributed by atoms with E-state index in [1.54, 1.807) is 6.07 Å². The minimum absolute atomic E-state index is 0.320. The summed E-state index contributed by atoms with van der Waals surface area (Å²) in [5.74, 6) is -3.44. The van der Waals surface area contributed by atoms with Crippen molar-refractivity contribution in [3.05, 3.63) is 16.5 Å². The molecule has 0 spiro atoms. The Morgan fingerprint density at radius 3 is 2.54 bits per heavy atom. The van der Waals surface area contributed by atoms with Gasteiger partial charge in [0, 0.05) is 22.7 Å². The summed E-state index contributed by atoms with van der Waals surface area (Å²) in [6.07, 6.45) is 4.30. The molecular formula is C17H22NO5S-. The van der Waals surface area contributed by atoms with Crippen molar-refractivity contribution in [2.24, 2.45) is 11.8 Å². The van der Waals surface area contributed by atoms with Crippen molar-refractivity contribution in [1.82, 2.24) is 0 Å². The van der Waals surface area contributed by atoms with Crippen molar-refractivity contribution in [2.75, 3.05) is 12.4 Å². The number of methoxy groups -OCH3 is 1. The molecule has 1 aromatic heterocycles. The van der Waals surface area contributed by atoms with E-state index in [4.69, 9.17) is 4.74 Å². The predicted octanol–water partition coefficient (Wildman–Crippen LogP) is 1.98. The highest BCUT2D eigenvalue weighted by Crippen LogP contribution is 2.34. The van der Waals surface area contributed by atoms with Gasteiger partial charge in [-0.05, 0) is 25.3 Å². The largest absolute Gasteiger partial charge is 0.550 e. The highest BCUT2D eigenvalue weighted by Gasteiger charge is 2.32. The van der Waals surface area contributed by atoms with Gasteiger partial charge in [-0.2, -0.15) is 0 Å². The summed E-state index contributed by atoms with van der Waals surface area (Å²) >= 11 is 1.33.